The number of ether oxygens (including phenoxy) is 1. The summed E-state index contributed by atoms with van der Waals surface area (Å²) < 4.78 is 30.1. The molecule has 1 amide bonds. The number of aromatic nitrogens is 1. The Labute approximate surface area is 145 Å². The molecule has 9 heteroatoms. The van der Waals surface area contributed by atoms with Gasteiger partial charge in [-0.05, 0) is 43.2 Å². The fraction of sp³-hybridized carbons (Fsp3) is 0.188. The van der Waals surface area contributed by atoms with Gasteiger partial charge in [0.05, 0.1) is 6.20 Å². The Hall–Kier alpha value is -2.94. The van der Waals surface area contributed by atoms with Crippen LogP contribution in [-0.2, 0) is 9.84 Å². The molecule has 0 aliphatic rings. The minimum Gasteiger partial charge on any atom is -0.454 e. The highest BCUT2D eigenvalue weighted by Gasteiger charge is 2.24. The number of hydrogen-bond acceptors (Lipinski definition) is 5. The first-order valence-electron chi connectivity index (χ1n) is 7.17. The number of amides is 1. The predicted molar refractivity (Wildman–Crippen MR) is 93.5 cm³/mol. The number of aliphatic imine (C=N–C) groups is 1. The molecule has 0 atom stereocenters. The highest BCUT2D eigenvalue weighted by atomic mass is 32.2. The zero-order chi connectivity index (χ0) is 18.8. The molecule has 0 fully saturated rings. The Morgan fingerprint density at radius 1 is 1.24 bits per heavy atom. The lowest BCUT2D eigenvalue weighted by Gasteiger charge is -2.16. The number of carbonyl (C=O) groups excluding carboxylic acids is 1. The number of benzene rings is 1. The number of nitrogens with zero attached hydrogens (tertiary/aromatic N) is 2. The van der Waals surface area contributed by atoms with Crippen LogP contribution in [0.2, 0.25) is 0 Å². The van der Waals surface area contributed by atoms with Crippen LogP contribution in [0, 0.1) is 13.8 Å². The number of sulfone groups is 1. The van der Waals surface area contributed by atoms with Gasteiger partial charge in [0.1, 0.15) is 16.4 Å². The van der Waals surface area contributed by atoms with Crippen molar-refractivity contribution in [2.45, 2.75) is 18.7 Å². The van der Waals surface area contributed by atoms with E-state index in [2.05, 4.69) is 9.98 Å². The highest BCUT2D eigenvalue weighted by Crippen LogP contribution is 2.36. The fourth-order valence-corrected chi connectivity index (χ4v) is 3.05. The number of rotatable bonds is 4. The first-order valence-corrected chi connectivity index (χ1v) is 9.06. The van der Waals surface area contributed by atoms with Gasteiger partial charge in [-0.3, -0.25) is 9.78 Å². The van der Waals surface area contributed by atoms with E-state index in [1.807, 2.05) is 0 Å². The van der Waals surface area contributed by atoms with Gasteiger partial charge >= 0.3 is 0 Å². The molecule has 0 bridgehead atoms. The Morgan fingerprint density at radius 3 is 2.44 bits per heavy atom. The SMILES string of the molecule is Cc1c(C(=O)N=C(N)N)cc(S(C)(=O)=O)c(Oc2cccnc2)c1C. The average molecular weight is 362 g/mol. The van der Waals surface area contributed by atoms with Gasteiger partial charge in [-0.2, -0.15) is 4.99 Å². The van der Waals surface area contributed by atoms with Crippen molar-refractivity contribution in [3.05, 3.63) is 47.3 Å². The molecule has 2 rings (SSSR count). The molecule has 25 heavy (non-hydrogen) atoms. The molecule has 0 aliphatic carbocycles. The molecular formula is C16H18N4O4S. The van der Waals surface area contributed by atoms with Crippen LogP contribution in [0.5, 0.6) is 11.5 Å². The van der Waals surface area contributed by atoms with Crippen LogP contribution in [0.1, 0.15) is 21.5 Å². The molecule has 0 spiro atoms. The number of pyridine rings is 1. The van der Waals surface area contributed by atoms with Gasteiger partial charge in [-0.25, -0.2) is 8.42 Å². The van der Waals surface area contributed by atoms with Crippen molar-refractivity contribution in [1.82, 2.24) is 4.98 Å². The quantitative estimate of drug-likeness (QED) is 0.617. The van der Waals surface area contributed by atoms with Crippen molar-refractivity contribution in [3.63, 3.8) is 0 Å². The van der Waals surface area contributed by atoms with Crippen LogP contribution in [0.4, 0.5) is 0 Å². The van der Waals surface area contributed by atoms with E-state index in [0.29, 0.717) is 16.9 Å². The summed E-state index contributed by atoms with van der Waals surface area (Å²) in [7, 11) is -3.69. The average Bonchev–Trinajstić information content (AvgIpc) is 2.51. The van der Waals surface area contributed by atoms with Crippen LogP contribution < -0.4 is 16.2 Å². The third-order valence-corrected chi connectivity index (χ3v) is 4.62. The van der Waals surface area contributed by atoms with E-state index in [1.165, 1.54) is 12.3 Å². The topological polar surface area (TPSA) is 138 Å². The summed E-state index contributed by atoms with van der Waals surface area (Å²) in [4.78, 5) is 19.5. The Kier molecular flexibility index (Phi) is 5.07. The van der Waals surface area contributed by atoms with Crippen molar-refractivity contribution in [1.29, 1.82) is 0 Å². The van der Waals surface area contributed by atoms with Crippen molar-refractivity contribution >= 4 is 21.7 Å². The second-order valence-corrected chi connectivity index (χ2v) is 7.39. The molecule has 4 N–H and O–H groups in total. The maximum Gasteiger partial charge on any atom is 0.280 e. The van der Waals surface area contributed by atoms with Crippen molar-refractivity contribution in [2.75, 3.05) is 6.26 Å². The summed E-state index contributed by atoms with van der Waals surface area (Å²) in [5.41, 5.74) is 11.6. The summed E-state index contributed by atoms with van der Waals surface area (Å²) in [5.74, 6) is -0.621. The van der Waals surface area contributed by atoms with Crippen molar-refractivity contribution in [2.24, 2.45) is 16.5 Å². The van der Waals surface area contributed by atoms with Crippen LogP contribution >= 0.6 is 0 Å². The summed E-state index contributed by atoms with van der Waals surface area (Å²) in [6.45, 7) is 3.31. The van der Waals surface area contributed by atoms with E-state index in [-0.39, 0.29) is 16.2 Å². The fourth-order valence-electron chi connectivity index (χ4n) is 2.19. The summed E-state index contributed by atoms with van der Waals surface area (Å²) >= 11 is 0. The molecular weight excluding hydrogens is 344 g/mol. The molecule has 0 saturated carbocycles. The van der Waals surface area contributed by atoms with Crippen LogP contribution in [-0.4, -0.2) is 31.5 Å². The first-order chi connectivity index (χ1) is 11.6. The predicted octanol–water partition coefficient (Wildman–Crippen LogP) is 1.31. The molecule has 0 saturated heterocycles. The number of carbonyl (C=O) groups is 1. The number of nitrogens with two attached hydrogens (primary N) is 2. The molecule has 132 valence electrons. The molecule has 0 radical (unpaired) electrons. The highest BCUT2D eigenvalue weighted by molar-refractivity contribution is 7.90. The van der Waals surface area contributed by atoms with Crippen LogP contribution in [0.3, 0.4) is 0 Å². The van der Waals surface area contributed by atoms with E-state index in [0.717, 1.165) is 6.26 Å². The van der Waals surface area contributed by atoms with Crippen LogP contribution in [0.15, 0.2) is 40.5 Å². The lowest BCUT2D eigenvalue weighted by molar-refractivity contribution is 0.100. The van der Waals surface area contributed by atoms with E-state index in [9.17, 15) is 13.2 Å². The van der Waals surface area contributed by atoms with E-state index in [4.69, 9.17) is 16.2 Å². The van der Waals surface area contributed by atoms with Gasteiger partial charge in [-0.1, -0.05) is 0 Å². The zero-order valence-electron chi connectivity index (χ0n) is 14.0. The monoisotopic (exact) mass is 362 g/mol. The lowest BCUT2D eigenvalue weighted by atomic mass is 10.0. The van der Waals surface area contributed by atoms with Gasteiger partial charge < -0.3 is 16.2 Å². The second-order valence-electron chi connectivity index (χ2n) is 5.41. The Bertz CT molecular complexity index is 950. The molecule has 0 aliphatic heterocycles. The molecule has 8 nitrogen and oxygen atoms in total. The van der Waals surface area contributed by atoms with Gasteiger partial charge in [0, 0.05) is 18.0 Å². The second kappa shape index (κ2) is 6.89. The molecule has 2 aromatic rings. The number of guanidine groups is 1. The molecule has 1 aromatic carbocycles. The maximum absolute atomic E-state index is 12.2. The maximum atomic E-state index is 12.2. The lowest BCUT2D eigenvalue weighted by Crippen LogP contribution is -2.24. The largest absolute Gasteiger partial charge is 0.454 e. The van der Waals surface area contributed by atoms with E-state index in [1.54, 1.807) is 32.2 Å². The first kappa shape index (κ1) is 18.4. The number of hydrogen-bond donors (Lipinski definition) is 2. The molecule has 1 heterocycles. The van der Waals surface area contributed by atoms with Gasteiger partial charge in [0.2, 0.25) is 0 Å². The van der Waals surface area contributed by atoms with Crippen molar-refractivity contribution < 1.29 is 17.9 Å². The zero-order valence-corrected chi connectivity index (χ0v) is 14.8. The molecule has 1 aromatic heterocycles. The van der Waals surface area contributed by atoms with Gasteiger partial charge in [0.15, 0.2) is 15.8 Å². The minimum atomic E-state index is -3.69. The Morgan fingerprint density at radius 2 is 1.92 bits per heavy atom. The van der Waals surface area contributed by atoms with Gasteiger partial charge in [0.25, 0.3) is 5.91 Å². The summed E-state index contributed by atoms with van der Waals surface area (Å²) in [5, 5.41) is 0. The summed E-state index contributed by atoms with van der Waals surface area (Å²) in [6, 6.07) is 4.53. The Balaban J connectivity index is 2.70. The third-order valence-electron chi connectivity index (χ3n) is 3.52. The summed E-state index contributed by atoms with van der Waals surface area (Å²) in [6.07, 6.45) is 4.06. The van der Waals surface area contributed by atoms with E-state index >= 15 is 0 Å². The third kappa shape index (κ3) is 4.13. The normalized spacial score (nSPS) is 11.0. The van der Waals surface area contributed by atoms with Crippen molar-refractivity contribution in [3.8, 4) is 11.5 Å². The van der Waals surface area contributed by atoms with Gasteiger partial charge in [-0.15, -0.1) is 0 Å². The molecule has 0 unspecified atom stereocenters. The minimum absolute atomic E-state index is 0.0878. The standard InChI is InChI=1S/C16H18N4O4S/c1-9-10(2)14(24-11-5-4-6-19-8-11)13(25(3,22)23)7-12(9)15(21)20-16(17)18/h4-8H,1-3H3,(H4,17,18,20,21). The smallest absolute Gasteiger partial charge is 0.280 e. The van der Waals surface area contributed by atoms with Crippen LogP contribution in [0.25, 0.3) is 0 Å². The van der Waals surface area contributed by atoms with E-state index < -0.39 is 21.7 Å².